The van der Waals surface area contributed by atoms with Crippen molar-refractivity contribution in [1.82, 2.24) is 10.2 Å². The fraction of sp³-hybridized carbons (Fsp3) is 0.333. The van der Waals surface area contributed by atoms with E-state index in [1.54, 1.807) is 7.11 Å². The van der Waals surface area contributed by atoms with Gasteiger partial charge in [-0.05, 0) is 43.5 Å². The Balaban J connectivity index is 1.81. The third kappa shape index (κ3) is 2.52. The van der Waals surface area contributed by atoms with Crippen LogP contribution in [0.5, 0.6) is 5.75 Å². The average Bonchev–Trinajstić information content (AvgIpc) is 2.98. The molecule has 4 heteroatoms. The van der Waals surface area contributed by atoms with Crippen molar-refractivity contribution >= 4 is 0 Å². The maximum absolute atomic E-state index is 5.79. The molecular formula is C15H16N2O2. The van der Waals surface area contributed by atoms with Gasteiger partial charge in [0.15, 0.2) is 0 Å². The maximum Gasteiger partial charge on any atom is 0.247 e. The molecule has 1 unspecified atom stereocenters. The highest BCUT2D eigenvalue weighted by molar-refractivity contribution is 5.54. The highest BCUT2D eigenvalue weighted by atomic mass is 16.5. The van der Waals surface area contributed by atoms with Crippen LogP contribution in [0.25, 0.3) is 11.5 Å². The molecule has 0 spiro atoms. The number of benzene rings is 1. The van der Waals surface area contributed by atoms with Gasteiger partial charge >= 0.3 is 0 Å². The minimum absolute atomic E-state index is 0.365. The number of aromatic nitrogens is 2. The fourth-order valence-corrected chi connectivity index (χ4v) is 2.27. The van der Waals surface area contributed by atoms with Crippen LogP contribution in [0.3, 0.4) is 0 Å². The molecular weight excluding hydrogens is 240 g/mol. The monoisotopic (exact) mass is 256 g/mol. The molecule has 1 aromatic heterocycles. The zero-order valence-electron chi connectivity index (χ0n) is 10.9. The predicted molar refractivity (Wildman–Crippen MR) is 72.0 cm³/mol. The summed E-state index contributed by atoms with van der Waals surface area (Å²) in [5, 5.41) is 8.31. The van der Waals surface area contributed by atoms with Crippen molar-refractivity contribution in [3.63, 3.8) is 0 Å². The molecule has 0 radical (unpaired) electrons. The minimum Gasteiger partial charge on any atom is -0.497 e. The molecule has 1 atom stereocenters. The largest absolute Gasteiger partial charge is 0.497 e. The Bertz CT molecular complexity index is 572. The van der Waals surface area contributed by atoms with E-state index in [-0.39, 0.29) is 0 Å². The first-order valence-corrected chi connectivity index (χ1v) is 6.49. The van der Waals surface area contributed by atoms with Crippen molar-refractivity contribution in [3.05, 3.63) is 42.3 Å². The molecule has 1 aromatic carbocycles. The van der Waals surface area contributed by atoms with Gasteiger partial charge < -0.3 is 9.15 Å². The second-order valence-corrected chi connectivity index (χ2v) is 4.66. The Morgan fingerprint density at radius 3 is 2.68 bits per heavy atom. The van der Waals surface area contributed by atoms with E-state index in [1.807, 2.05) is 24.3 Å². The molecule has 0 N–H and O–H groups in total. The molecule has 0 bridgehead atoms. The molecule has 2 aromatic rings. The van der Waals surface area contributed by atoms with Crippen molar-refractivity contribution in [2.75, 3.05) is 7.11 Å². The van der Waals surface area contributed by atoms with Crippen LogP contribution in [0.2, 0.25) is 0 Å². The highest BCUT2D eigenvalue weighted by Crippen LogP contribution is 2.30. The molecule has 19 heavy (non-hydrogen) atoms. The molecule has 0 fully saturated rings. The summed E-state index contributed by atoms with van der Waals surface area (Å²) >= 11 is 0. The Kier molecular flexibility index (Phi) is 3.31. The van der Waals surface area contributed by atoms with Gasteiger partial charge in [-0.3, -0.25) is 0 Å². The van der Waals surface area contributed by atoms with Crippen molar-refractivity contribution in [2.45, 2.75) is 25.2 Å². The lowest BCUT2D eigenvalue weighted by molar-refractivity contribution is 0.414. The summed E-state index contributed by atoms with van der Waals surface area (Å²) in [6, 6.07) is 7.64. The Labute approximate surface area is 112 Å². The molecule has 1 heterocycles. The smallest absolute Gasteiger partial charge is 0.247 e. The van der Waals surface area contributed by atoms with Crippen molar-refractivity contribution in [3.8, 4) is 17.2 Å². The molecule has 0 saturated carbocycles. The number of allylic oxidation sites excluding steroid dienone is 2. The Hall–Kier alpha value is -2.10. The summed E-state index contributed by atoms with van der Waals surface area (Å²) < 4.78 is 10.9. The average molecular weight is 256 g/mol. The lowest BCUT2D eigenvalue weighted by Gasteiger charge is -2.12. The number of nitrogens with zero attached hydrogens (tertiary/aromatic N) is 2. The van der Waals surface area contributed by atoms with Crippen LogP contribution in [0.15, 0.2) is 40.8 Å². The third-order valence-corrected chi connectivity index (χ3v) is 3.40. The molecule has 98 valence electrons. The summed E-state index contributed by atoms with van der Waals surface area (Å²) in [6.45, 7) is 0. The molecule has 1 aliphatic rings. The van der Waals surface area contributed by atoms with Crippen LogP contribution in [-0.4, -0.2) is 17.3 Å². The summed E-state index contributed by atoms with van der Waals surface area (Å²) in [7, 11) is 1.65. The van der Waals surface area contributed by atoms with Crippen LogP contribution in [-0.2, 0) is 0 Å². The van der Waals surface area contributed by atoms with E-state index in [2.05, 4.69) is 22.3 Å². The van der Waals surface area contributed by atoms with E-state index in [9.17, 15) is 0 Å². The Morgan fingerprint density at radius 2 is 2.00 bits per heavy atom. The van der Waals surface area contributed by atoms with Gasteiger partial charge in [0, 0.05) is 11.5 Å². The number of hydrogen-bond acceptors (Lipinski definition) is 4. The van der Waals surface area contributed by atoms with Gasteiger partial charge in [-0.15, -0.1) is 10.2 Å². The van der Waals surface area contributed by atoms with E-state index in [4.69, 9.17) is 9.15 Å². The molecule has 0 saturated heterocycles. The summed E-state index contributed by atoms with van der Waals surface area (Å²) in [5.41, 5.74) is 0.922. The van der Waals surface area contributed by atoms with E-state index in [0.29, 0.717) is 11.8 Å². The lowest BCUT2D eigenvalue weighted by atomic mass is 9.94. The van der Waals surface area contributed by atoms with Crippen molar-refractivity contribution < 1.29 is 9.15 Å². The van der Waals surface area contributed by atoms with E-state index < -0.39 is 0 Å². The third-order valence-electron chi connectivity index (χ3n) is 3.40. The first-order chi connectivity index (χ1) is 9.36. The molecule has 0 aliphatic heterocycles. The normalized spacial score (nSPS) is 18.5. The predicted octanol–water partition coefficient (Wildman–Crippen LogP) is 3.57. The topological polar surface area (TPSA) is 48.2 Å². The lowest BCUT2D eigenvalue weighted by Crippen LogP contribution is -2.00. The van der Waals surface area contributed by atoms with Gasteiger partial charge in [-0.1, -0.05) is 12.2 Å². The number of methoxy groups -OCH3 is 1. The first-order valence-electron chi connectivity index (χ1n) is 6.49. The number of hydrogen-bond donors (Lipinski definition) is 0. The van der Waals surface area contributed by atoms with Gasteiger partial charge in [0.1, 0.15) is 5.75 Å². The van der Waals surface area contributed by atoms with E-state index in [0.717, 1.165) is 36.5 Å². The van der Waals surface area contributed by atoms with E-state index in [1.165, 1.54) is 0 Å². The van der Waals surface area contributed by atoms with Crippen LogP contribution in [0.4, 0.5) is 0 Å². The number of ether oxygens (including phenoxy) is 1. The second kappa shape index (κ2) is 5.26. The van der Waals surface area contributed by atoms with Gasteiger partial charge in [-0.25, -0.2) is 0 Å². The van der Waals surface area contributed by atoms with Crippen LogP contribution >= 0.6 is 0 Å². The summed E-state index contributed by atoms with van der Waals surface area (Å²) in [6.07, 6.45) is 7.55. The van der Waals surface area contributed by atoms with Gasteiger partial charge in [0.25, 0.3) is 0 Å². The second-order valence-electron chi connectivity index (χ2n) is 4.66. The minimum atomic E-state index is 0.365. The molecule has 4 nitrogen and oxygen atoms in total. The quantitative estimate of drug-likeness (QED) is 0.788. The summed E-state index contributed by atoms with van der Waals surface area (Å²) in [5.74, 6) is 2.51. The van der Waals surface area contributed by atoms with Crippen LogP contribution in [0.1, 0.15) is 31.1 Å². The highest BCUT2D eigenvalue weighted by Gasteiger charge is 2.19. The standard InChI is InChI=1S/C15H16N2O2/c1-18-13-9-7-12(8-10-13)15-17-16-14(19-15)11-5-3-2-4-6-11/h2-3,7-11H,4-6H2,1H3. The zero-order chi connectivity index (χ0) is 13.1. The van der Waals surface area contributed by atoms with Gasteiger partial charge in [0.2, 0.25) is 11.8 Å². The molecule has 0 amide bonds. The maximum atomic E-state index is 5.79. The number of rotatable bonds is 3. The summed E-state index contributed by atoms with van der Waals surface area (Å²) in [4.78, 5) is 0. The molecule has 1 aliphatic carbocycles. The van der Waals surface area contributed by atoms with Gasteiger partial charge in [0.05, 0.1) is 7.11 Å². The SMILES string of the molecule is COc1ccc(-c2nnc(C3CC=CCC3)o2)cc1. The van der Waals surface area contributed by atoms with Crippen molar-refractivity contribution in [1.29, 1.82) is 0 Å². The van der Waals surface area contributed by atoms with Crippen LogP contribution in [0, 0.1) is 0 Å². The first kappa shape index (κ1) is 12.0. The zero-order valence-corrected chi connectivity index (χ0v) is 10.9. The fourth-order valence-electron chi connectivity index (χ4n) is 2.27. The van der Waals surface area contributed by atoms with Crippen LogP contribution < -0.4 is 4.74 Å². The van der Waals surface area contributed by atoms with Gasteiger partial charge in [-0.2, -0.15) is 0 Å². The van der Waals surface area contributed by atoms with E-state index >= 15 is 0 Å². The Morgan fingerprint density at radius 1 is 1.16 bits per heavy atom. The molecule has 3 rings (SSSR count). The van der Waals surface area contributed by atoms with Crippen molar-refractivity contribution in [2.24, 2.45) is 0 Å².